The van der Waals surface area contributed by atoms with E-state index in [-0.39, 0.29) is 0 Å². The van der Waals surface area contributed by atoms with E-state index in [1.807, 2.05) is 0 Å². The molecular formula is C9H12ClNOS. The molecule has 72 valence electrons. The molecule has 0 spiro atoms. The SMILES string of the molecule is NCCCS(=O)c1ccc(Cl)cc1. The molecule has 0 radical (unpaired) electrons. The van der Waals surface area contributed by atoms with Crippen LogP contribution in [0, 0.1) is 0 Å². The van der Waals surface area contributed by atoms with Crippen molar-refractivity contribution in [3.63, 3.8) is 0 Å². The van der Waals surface area contributed by atoms with Crippen LogP contribution in [0.5, 0.6) is 0 Å². The van der Waals surface area contributed by atoms with Crippen LogP contribution in [-0.4, -0.2) is 16.5 Å². The standard InChI is InChI=1S/C9H12ClNOS/c10-8-2-4-9(5-3-8)13(12)7-1-6-11/h2-5H,1,6-7,11H2. The molecule has 0 amide bonds. The van der Waals surface area contributed by atoms with Crippen LogP contribution in [0.4, 0.5) is 0 Å². The number of halogens is 1. The van der Waals surface area contributed by atoms with Crippen molar-refractivity contribution in [2.24, 2.45) is 5.73 Å². The largest absolute Gasteiger partial charge is 0.330 e. The van der Waals surface area contributed by atoms with Gasteiger partial charge in [-0.05, 0) is 37.2 Å². The molecule has 0 aliphatic carbocycles. The Labute approximate surface area is 85.5 Å². The first-order valence-electron chi connectivity index (χ1n) is 4.08. The fourth-order valence-corrected chi connectivity index (χ4v) is 2.15. The van der Waals surface area contributed by atoms with Gasteiger partial charge in [0.05, 0.1) is 10.8 Å². The Kier molecular flexibility index (Phi) is 4.42. The molecule has 0 saturated heterocycles. The first-order chi connectivity index (χ1) is 6.24. The summed E-state index contributed by atoms with van der Waals surface area (Å²) in [5.41, 5.74) is 5.32. The summed E-state index contributed by atoms with van der Waals surface area (Å²) in [4.78, 5) is 0.817. The van der Waals surface area contributed by atoms with Crippen molar-refractivity contribution in [1.29, 1.82) is 0 Å². The van der Waals surface area contributed by atoms with Gasteiger partial charge in [-0.2, -0.15) is 0 Å². The van der Waals surface area contributed by atoms with Crippen molar-refractivity contribution in [3.05, 3.63) is 29.3 Å². The van der Waals surface area contributed by atoms with E-state index in [0.29, 0.717) is 17.3 Å². The highest BCUT2D eigenvalue weighted by Gasteiger charge is 2.01. The molecule has 0 aliphatic heterocycles. The van der Waals surface area contributed by atoms with Gasteiger partial charge in [-0.15, -0.1) is 0 Å². The number of benzene rings is 1. The van der Waals surface area contributed by atoms with Gasteiger partial charge in [0.1, 0.15) is 0 Å². The maximum atomic E-state index is 11.5. The van der Waals surface area contributed by atoms with Gasteiger partial charge in [-0.25, -0.2) is 0 Å². The molecule has 0 bridgehead atoms. The first-order valence-corrected chi connectivity index (χ1v) is 5.77. The van der Waals surface area contributed by atoms with Gasteiger partial charge in [0.2, 0.25) is 0 Å². The highest BCUT2D eigenvalue weighted by molar-refractivity contribution is 7.85. The van der Waals surface area contributed by atoms with Gasteiger partial charge in [0.25, 0.3) is 0 Å². The summed E-state index contributed by atoms with van der Waals surface area (Å²) in [6, 6.07) is 7.07. The molecular weight excluding hydrogens is 206 g/mol. The van der Waals surface area contributed by atoms with Crippen LogP contribution in [0.15, 0.2) is 29.2 Å². The van der Waals surface area contributed by atoms with E-state index in [4.69, 9.17) is 17.3 Å². The Morgan fingerprint density at radius 1 is 1.31 bits per heavy atom. The van der Waals surface area contributed by atoms with Crippen LogP contribution in [-0.2, 0) is 10.8 Å². The zero-order valence-electron chi connectivity index (χ0n) is 7.20. The summed E-state index contributed by atoms with van der Waals surface area (Å²) < 4.78 is 11.5. The molecule has 2 nitrogen and oxygen atoms in total. The molecule has 2 N–H and O–H groups in total. The van der Waals surface area contributed by atoms with Crippen molar-refractivity contribution in [2.75, 3.05) is 12.3 Å². The number of nitrogens with two attached hydrogens (primary N) is 1. The second-order valence-corrected chi connectivity index (χ2v) is 4.65. The molecule has 0 fully saturated rings. The maximum absolute atomic E-state index is 11.5. The summed E-state index contributed by atoms with van der Waals surface area (Å²) in [6.07, 6.45) is 0.787. The van der Waals surface area contributed by atoms with E-state index >= 15 is 0 Å². The fourth-order valence-electron chi connectivity index (χ4n) is 0.919. The maximum Gasteiger partial charge on any atom is 0.0529 e. The highest BCUT2D eigenvalue weighted by atomic mass is 35.5. The minimum atomic E-state index is -0.930. The Balaban J connectivity index is 2.61. The van der Waals surface area contributed by atoms with Crippen LogP contribution >= 0.6 is 11.6 Å². The van der Waals surface area contributed by atoms with Crippen LogP contribution < -0.4 is 5.73 Å². The van der Waals surface area contributed by atoms with E-state index in [9.17, 15) is 4.21 Å². The molecule has 1 aromatic rings. The van der Waals surface area contributed by atoms with Crippen molar-refractivity contribution >= 4 is 22.4 Å². The third-order valence-corrected chi connectivity index (χ3v) is 3.32. The van der Waals surface area contributed by atoms with Gasteiger partial charge >= 0.3 is 0 Å². The van der Waals surface area contributed by atoms with E-state index in [0.717, 1.165) is 11.3 Å². The minimum absolute atomic E-state index is 0.583. The molecule has 1 aromatic carbocycles. The predicted octanol–water partition coefficient (Wildman–Crippen LogP) is 1.80. The van der Waals surface area contributed by atoms with Gasteiger partial charge < -0.3 is 5.73 Å². The lowest BCUT2D eigenvalue weighted by Gasteiger charge is -2.00. The van der Waals surface area contributed by atoms with Crippen molar-refractivity contribution in [1.82, 2.24) is 0 Å². The summed E-state index contributed by atoms with van der Waals surface area (Å²) in [5, 5.41) is 0.666. The average molecular weight is 218 g/mol. The second kappa shape index (κ2) is 5.37. The Morgan fingerprint density at radius 3 is 2.46 bits per heavy atom. The Morgan fingerprint density at radius 2 is 1.92 bits per heavy atom. The molecule has 1 atom stereocenters. The lowest BCUT2D eigenvalue weighted by molar-refractivity contribution is 0.680. The Bertz CT molecular complexity index is 286. The average Bonchev–Trinajstić information content (AvgIpc) is 2.15. The molecule has 1 rings (SSSR count). The molecule has 4 heteroatoms. The third-order valence-electron chi connectivity index (χ3n) is 1.61. The van der Waals surface area contributed by atoms with Crippen molar-refractivity contribution in [3.8, 4) is 0 Å². The fraction of sp³-hybridized carbons (Fsp3) is 0.333. The lowest BCUT2D eigenvalue weighted by atomic mass is 10.4. The van der Waals surface area contributed by atoms with E-state index in [1.54, 1.807) is 24.3 Å². The summed E-state index contributed by atoms with van der Waals surface area (Å²) in [7, 11) is -0.930. The van der Waals surface area contributed by atoms with E-state index < -0.39 is 10.8 Å². The monoisotopic (exact) mass is 217 g/mol. The van der Waals surface area contributed by atoms with E-state index in [2.05, 4.69) is 0 Å². The number of hydrogen-bond donors (Lipinski definition) is 1. The van der Waals surface area contributed by atoms with Gasteiger partial charge in [-0.3, -0.25) is 4.21 Å². The van der Waals surface area contributed by atoms with Crippen LogP contribution in [0.3, 0.4) is 0 Å². The molecule has 0 heterocycles. The number of hydrogen-bond acceptors (Lipinski definition) is 2. The van der Waals surface area contributed by atoms with Crippen LogP contribution in [0.2, 0.25) is 5.02 Å². The van der Waals surface area contributed by atoms with Gasteiger partial charge in [0, 0.05) is 15.7 Å². The first kappa shape index (κ1) is 10.7. The summed E-state index contributed by atoms with van der Waals surface area (Å²) in [5.74, 6) is 0.623. The topological polar surface area (TPSA) is 43.1 Å². The number of rotatable bonds is 4. The lowest BCUT2D eigenvalue weighted by Crippen LogP contribution is -2.05. The molecule has 1 unspecified atom stereocenters. The molecule has 0 aliphatic rings. The zero-order chi connectivity index (χ0) is 9.68. The normalized spacial score (nSPS) is 12.8. The molecule has 13 heavy (non-hydrogen) atoms. The zero-order valence-corrected chi connectivity index (χ0v) is 8.77. The quantitative estimate of drug-likeness (QED) is 0.836. The summed E-state index contributed by atoms with van der Waals surface area (Å²) in [6.45, 7) is 0.583. The minimum Gasteiger partial charge on any atom is -0.330 e. The molecule has 0 saturated carbocycles. The van der Waals surface area contributed by atoms with Crippen molar-refractivity contribution in [2.45, 2.75) is 11.3 Å². The van der Waals surface area contributed by atoms with Gasteiger partial charge in [0.15, 0.2) is 0 Å². The summed E-state index contributed by atoms with van der Waals surface area (Å²) >= 11 is 5.70. The molecule has 0 aromatic heterocycles. The van der Waals surface area contributed by atoms with Gasteiger partial charge in [-0.1, -0.05) is 11.6 Å². The third kappa shape index (κ3) is 3.46. The van der Waals surface area contributed by atoms with Crippen LogP contribution in [0.1, 0.15) is 6.42 Å². The smallest absolute Gasteiger partial charge is 0.0529 e. The predicted molar refractivity (Wildman–Crippen MR) is 56.4 cm³/mol. The Hall–Kier alpha value is -0.380. The second-order valence-electron chi connectivity index (χ2n) is 2.65. The van der Waals surface area contributed by atoms with Crippen molar-refractivity contribution < 1.29 is 4.21 Å². The van der Waals surface area contributed by atoms with E-state index in [1.165, 1.54) is 0 Å². The van der Waals surface area contributed by atoms with Crippen LogP contribution in [0.25, 0.3) is 0 Å². The highest BCUT2D eigenvalue weighted by Crippen LogP contribution is 2.12.